The van der Waals surface area contributed by atoms with Gasteiger partial charge < -0.3 is 15.8 Å². The topological polar surface area (TPSA) is 67.6 Å². The van der Waals surface area contributed by atoms with Crippen molar-refractivity contribution in [3.05, 3.63) is 0 Å². The summed E-state index contributed by atoms with van der Waals surface area (Å²) in [7, 11) is 0. The lowest BCUT2D eigenvalue weighted by Gasteiger charge is -2.32. The van der Waals surface area contributed by atoms with Gasteiger partial charge in [-0.15, -0.1) is 0 Å². The highest BCUT2D eigenvalue weighted by Gasteiger charge is 2.33. The fourth-order valence-corrected chi connectivity index (χ4v) is 2.33. The number of alkyl carbamates (subject to hydrolysis) is 1. The van der Waals surface area contributed by atoms with E-state index in [4.69, 9.17) is 10.5 Å². The van der Waals surface area contributed by atoms with Gasteiger partial charge in [-0.1, -0.05) is 13.8 Å². The molecule has 1 rings (SSSR count). The van der Waals surface area contributed by atoms with Crippen LogP contribution in [0.2, 0.25) is 0 Å². The molecule has 0 heterocycles. The number of amides is 1. The molecule has 0 aromatic carbocycles. The summed E-state index contributed by atoms with van der Waals surface area (Å²) < 4.78 is 5.28. The fraction of sp³-hybridized carbons (Fsp3) is 0.938. The minimum absolute atomic E-state index is 0.198. The summed E-state index contributed by atoms with van der Waals surface area (Å²) in [4.78, 5) is 14.2. The first-order valence-corrected chi connectivity index (χ1v) is 8.15. The fourth-order valence-electron chi connectivity index (χ4n) is 2.33. The molecule has 0 aromatic heterocycles. The summed E-state index contributed by atoms with van der Waals surface area (Å²) in [6.07, 6.45) is 3.31. The Morgan fingerprint density at radius 1 is 1.38 bits per heavy atom. The number of hydrogen-bond acceptors (Lipinski definition) is 4. The van der Waals surface area contributed by atoms with Gasteiger partial charge in [-0.2, -0.15) is 0 Å². The summed E-state index contributed by atoms with van der Waals surface area (Å²) in [5, 5.41) is 2.86. The third kappa shape index (κ3) is 7.67. The van der Waals surface area contributed by atoms with E-state index in [1.54, 1.807) is 0 Å². The number of ether oxygens (including phenoxy) is 1. The molecule has 124 valence electrons. The first-order chi connectivity index (χ1) is 9.73. The normalized spacial score (nSPS) is 17.1. The maximum atomic E-state index is 11.8. The van der Waals surface area contributed by atoms with Crippen molar-refractivity contribution in [2.75, 3.05) is 19.6 Å². The lowest BCUT2D eigenvalue weighted by molar-refractivity contribution is 0.0505. The van der Waals surface area contributed by atoms with Crippen LogP contribution in [0, 0.1) is 5.92 Å². The number of carbonyl (C=O) groups is 1. The second-order valence-electron chi connectivity index (χ2n) is 7.42. The Balaban J connectivity index is 2.45. The summed E-state index contributed by atoms with van der Waals surface area (Å²) in [5.41, 5.74) is 5.46. The monoisotopic (exact) mass is 299 g/mol. The van der Waals surface area contributed by atoms with Gasteiger partial charge in [-0.25, -0.2) is 4.79 Å². The predicted molar refractivity (Wildman–Crippen MR) is 86.3 cm³/mol. The molecule has 1 aliphatic rings. The van der Waals surface area contributed by atoms with Gasteiger partial charge >= 0.3 is 6.09 Å². The highest BCUT2D eigenvalue weighted by Crippen LogP contribution is 2.29. The highest BCUT2D eigenvalue weighted by molar-refractivity contribution is 5.67. The second-order valence-corrected chi connectivity index (χ2v) is 7.42. The van der Waals surface area contributed by atoms with E-state index in [1.165, 1.54) is 19.3 Å². The second kappa shape index (κ2) is 7.99. The first-order valence-electron chi connectivity index (χ1n) is 8.15. The van der Waals surface area contributed by atoms with Crippen molar-refractivity contribution in [1.29, 1.82) is 0 Å². The van der Waals surface area contributed by atoms with E-state index in [0.717, 1.165) is 6.54 Å². The Labute approximate surface area is 129 Å². The molecule has 1 saturated carbocycles. The Morgan fingerprint density at radius 3 is 2.43 bits per heavy atom. The number of hydrogen-bond donors (Lipinski definition) is 2. The molecule has 3 N–H and O–H groups in total. The van der Waals surface area contributed by atoms with Crippen molar-refractivity contribution < 1.29 is 9.53 Å². The molecule has 5 heteroatoms. The maximum absolute atomic E-state index is 11.8. The van der Waals surface area contributed by atoms with E-state index in [0.29, 0.717) is 25.0 Å². The molecule has 0 aromatic rings. The van der Waals surface area contributed by atoms with Crippen LogP contribution in [0.25, 0.3) is 0 Å². The van der Waals surface area contributed by atoms with E-state index < -0.39 is 5.60 Å². The molecular weight excluding hydrogens is 266 g/mol. The van der Waals surface area contributed by atoms with E-state index in [-0.39, 0.29) is 12.1 Å². The number of nitrogens with two attached hydrogens (primary N) is 1. The molecule has 0 saturated heterocycles. The van der Waals surface area contributed by atoms with Crippen LogP contribution < -0.4 is 11.1 Å². The van der Waals surface area contributed by atoms with Gasteiger partial charge in [0.15, 0.2) is 0 Å². The quantitative estimate of drug-likeness (QED) is 0.722. The molecule has 5 nitrogen and oxygen atoms in total. The smallest absolute Gasteiger partial charge is 0.407 e. The van der Waals surface area contributed by atoms with Crippen LogP contribution >= 0.6 is 0 Å². The van der Waals surface area contributed by atoms with E-state index >= 15 is 0 Å². The Kier molecular flexibility index (Phi) is 6.94. The Bertz CT molecular complexity index is 322. The first kappa shape index (κ1) is 18.2. The summed E-state index contributed by atoms with van der Waals surface area (Å²) in [5.74, 6) is 0.684. The predicted octanol–water partition coefficient (Wildman–Crippen LogP) is 2.35. The zero-order chi connectivity index (χ0) is 16.0. The van der Waals surface area contributed by atoms with E-state index in [2.05, 4.69) is 24.1 Å². The lowest BCUT2D eigenvalue weighted by atomic mass is 10.1. The number of carbonyl (C=O) groups excluding carboxylic acids is 1. The minimum Gasteiger partial charge on any atom is -0.444 e. The highest BCUT2D eigenvalue weighted by atomic mass is 16.6. The van der Waals surface area contributed by atoms with Crippen molar-refractivity contribution >= 4 is 6.09 Å². The molecular formula is C16H33N3O2. The van der Waals surface area contributed by atoms with Gasteiger partial charge in [-0.05, 0) is 52.5 Å². The molecule has 1 unspecified atom stereocenters. The number of rotatable bonds is 8. The Hall–Kier alpha value is -0.810. The molecule has 1 aliphatic carbocycles. The molecule has 1 atom stereocenters. The van der Waals surface area contributed by atoms with Crippen LogP contribution in [0.15, 0.2) is 0 Å². The molecule has 21 heavy (non-hydrogen) atoms. The standard InChI is InChI=1S/C16H33N3O2/c1-12(2)8-9-19(13-6-7-13)14(10-17)11-18-15(20)21-16(3,4)5/h12-14H,6-11,17H2,1-5H3,(H,18,20). The SMILES string of the molecule is CC(C)CCN(C1CC1)C(CN)CNC(=O)OC(C)(C)C. The van der Waals surface area contributed by atoms with Crippen molar-refractivity contribution in [3.8, 4) is 0 Å². The molecule has 0 radical (unpaired) electrons. The van der Waals surface area contributed by atoms with E-state index in [9.17, 15) is 4.79 Å². The van der Waals surface area contributed by atoms with Crippen molar-refractivity contribution in [2.45, 2.75) is 71.6 Å². The van der Waals surface area contributed by atoms with Crippen LogP contribution in [0.4, 0.5) is 4.79 Å². The average molecular weight is 299 g/mol. The van der Waals surface area contributed by atoms with Crippen LogP contribution in [-0.2, 0) is 4.74 Å². The molecule has 0 bridgehead atoms. The molecule has 1 amide bonds. The zero-order valence-electron chi connectivity index (χ0n) is 14.3. The van der Waals surface area contributed by atoms with Crippen LogP contribution in [0.5, 0.6) is 0 Å². The Morgan fingerprint density at radius 2 is 2.00 bits per heavy atom. The summed E-state index contributed by atoms with van der Waals surface area (Å²) in [6.45, 7) is 12.2. The zero-order valence-corrected chi connectivity index (χ0v) is 14.3. The number of nitrogens with one attached hydrogen (secondary N) is 1. The summed E-state index contributed by atoms with van der Waals surface area (Å²) >= 11 is 0. The average Bonchev–Trinajstić information content (AvgIpc) is 3.14. The van der Waals surface area contributed by atoms with Gasteiger partial charge in [0.25, 0.3) is 0 Å². The van der Waals surface area contributed by atoms with Gasteiger partial charge in [0.05, 0.1) is 0 Å². The molecule has 1 fully saturated rings. The van der Waals surface area contributed by atoms with Crippen LogP contribution in [-0.4, -0.2) is 48.3 Å². The maximum Gasteiger partial charge on any atom is 0.407 e. The van der Waals surface area contributed by atoms with Crippen molar-refractivity contribution in [1.82, 2.24) is 10.2 Å². The van der Waals surface area contributed by atoms with Gasteiger partial charge in [0, 0.05) is 25.2 Å². The molecule has 0 aliphatic heterocycles. The van der Waals surface area contributed by atoms with E-state index in [1.807, 2.05) is 20.8 Å². The molecule has 0 spiro atoms. The van der Waals surface area contributed by atoms with Gasteiger partial charge in [0.1, 0.15) is 5.60 Å². The van der Waals surface area contributed by atoms with Crippen LogP contribution in [0.3, 0.4) is 0 Å². The van der Waals surface area contributed by atoms with Crippen LogP contribution in [0.1, 0.15) is 53.9 Å². The largest absolute Gasteiger partial charge is 0.444 e. The third-order valence-corrected chi connectivity index (χ3v) is 3.60. The minimum atomic E-state index is -0.462. The third-order valence-electron chi connectivity index (χ3n) is 3.60. The van der Waals surface area contributed by atoms with Gasteiger partial charge in [0.2, 0.25) is 0 Å². The summed E-state index contributed by atoms with van der Waals surface area (Å²) in [6, 6.07) is 0.849. The van der Waals surface area contributed by atoms with Gasteiger partial charge in [-0.3, -0.25) is 4.90 Å². The number of nitrogens with zero attached hydrogens (tertiary/aromatic N) is 1. The lowest BCUT2D eigenvalue weighted by Crippen LogP contribution is -2.50. The van der Waals surface area contributed by atoms with Crippen molar-refractivity contribution in [2.24, 2.45) is 11.7 Å². The van der Waals surface area contributed by atoms with Crippen molar-refractivity contribution in [3.63, 3.8) is 0 Å².